The van der Waals surface area contributed by atoms with Gasteiger partial charge in [0.2, 0.25) is 0 Å². The van der Waals surface area contributed by atoms with Gasteiger partial charge in [0, 0.05) is 22.3 Å². The highest BCUT2D eigenvalue weighted by molar-refractivity contribution is 7.09. The van der Waals surface area contributed by atoms with Gasteiger partial charge in [0.05, 0.1) is 10.7 Å². The van der Waals surface area contributed by atoms with Crippen molar-refractivity contribution < 1.29 is 4.79 Å². The van der Waals surface area contributed by atoms with Gasteiger partial charge in [-0.15, -0.1) is 11.3 Å². The molecule has 0 bridgehead atoms. The van der Waals surface area contributed by atoms with E-state index in [4.69, 9.17) is 0 Å². The second-order valence-corrected chi connectivity index (χ2v) is 5.84. The van der Waals surface area contributed by atoms with E-state index in [9.17, 15) is 4.79 Å². The predicted octanol–water partition coefficient (Wildman–Crippen LogP) is 4.76. The molecule has 2 N–H and O–H groups in total. The molecule has 2 aromatic carbocycles. The van der Waals surface area contributed by atoms with Gasteiger partial charge in [0.15, 0.2) is 0 Å². The van der Waals surface area contributed by atoms with Crippen LogP contribution < -0.4 is 10.6 Å². The average molecular weight is 309 g/mol. The van der Waals surface area contributed by atoms with Crippen LogP contribution in [0.2, 0.25) is 0 Å². The summed E-state index contributed by atoms with van der Waals surface area (Å²) < 4.78 is 0. The summed E-state index contributed by atoms with van der Waals surface area (Å²) >= 11 is 1.61. The Bertz CT molecular complexity index is 783. The van der Waals surface area contributed by atoms with Crippen LogP contribution in [-0.2, 0) is 0 Å². The first kappa shape index (κ1) is 14.3. The fraction of sp³-hybridized carbons (Fsp3) is 0.0588. The Hall–Kier alpha value is -2.66. The van der Waals surface area contributed by atoms with Crippen molar-refractivity contribution in [2.45, 2.75) is 6.92 Å². The zero-order chi connectivity index (χ0) is 15.4. The van der Waals surface area contributed by atoms with E-state index in [1.54, 1.807) is 11.3 Å². The van der Waals surface area contributed by atoms with E-state index in [1.807, 2.05) is 66.9 Å². The van der Waals surface area contributed by atoms with Gasteiger partial charge < -0.3 is 10.6 Å². The number of urea groups is 1. The van der Waals surface area contributed by atoms with E-state index in [0.29, 0.717) is 0 Å². The van der Waals surface area contributed by atoms with E-state index in [2.05, 4.69) is 15.6 Å². The Labute approximate surface area is 132 Å². The smallest absolute Gasteiger partial charge is 0.308 e. The summed E-state index contributed by atoms with van der Waals surface area (Å²) in [5, 5.41) is 8.66. The minimum absolute atomic E-state index is 0.266. The number of hydrogen-bond donors (Lipinski definition) is 2. The molecule has 22 heavy (non-hydrogen) atoms. The number of carbonyl (C=O) groups is 1. The van der Waals surface area contributed by atoms with Crippen molar-refractivity contribution in [1.29, 1.82) is 0 Å². The maximum atomic E-state index is 12.0. The van der Waals surface area contributed by atoms with Crippen LogP contribution in [0.4, 0.5) is 16.2 Å². The largest absolute Gasteiger partial charge is 0.323 e. The zero-order valence-electron chi connectivity index (χ0n) is 12.0. The molecule has 5 heteroatoms. The number of aryl methyl sites for hydroxylation is 1. The summed E-state index contributed by atoms with van der Waals surface area (Å²) in [6, 6.07) is 16.7. The number of hydrogen-bond acceptors (Lipinski definition) is 3. The quantitative estimate of drug-likeness (QED) is 0.732. The fourth-order valence-corrected chi connectivity index (χ4v) is 2.69. The van der Waals surface area contributed by atoms with Crippen molar-refractivity contribution in [1.82, 2.24) is 4.98 Å². The Morgan fingerprint density at radius 2 is 1.73 bits per heavy atom. The minimum atomic E-state index is -0.266. The van der Waals surface area contributed by atoms with Gasteiger partial charge in [-0.2, -0.15) is 0 Å². The summed E-state index contributed by atoms with van der Waals surface area (Å²) in [7, 11) is 0. The molecule has 3 rings (SSSR count). The molecule has 0 fully saturated rings. The van der Waals surface area contributed by atoms with E-state index in [0.717, 1.165) is 27.6 Å². The second-order valence-electron chi connectivity index (χ2n) is 4.78. The zero-order valence-corrected chi connectivity index (χ0v) is 12.9. The van der Waals surface area contributed by atoms with Crippen molar-refractivity contribution in [3.05, 3.63) is 65.0 Å². The highest BCUT2D eigenvalue weighted by atomic mass is 32.1. The van der Waals surface area contributed by atoms with Crippen LogP contribution in [0.5, 0.6) is 0 Å². The molecule has 0 radical (unpaired) electrons. The van der Waals surface area contributed by atoms with Crippen LogP contribution in [0.1, 0.15) is 5.01 Å². The normalized spacial score (nSPS) is 10.2. The molecular weight excluding hydrogens is 294 g/mol. The van der Waals surface area contributed by atoms with Gasteiger partial charge in [0.25, 0.3) is 0 Å². The van der Waals surface area contributed by atoms with Crippen molar-refractivity contribution >= 4 is 28.7 Å². The van der Waals surface area contributed by atoms with Crippen molar-refractivity contribution in [2.24, 2.45) is 0 Å². The van der Waals surface area contributed by atoms with E-state index in [-0.39, 0.29) is 6.03 Å². The molecular formula is C17H15N3OS. The van der Waals surface area contributed by atoms with Crippen molar-refractivity contribution in [2.75, 3.05) is 10.6 Å². The molecule has 1 heterocycles. The number of rotatable bonds is 3. The minimum Gasteiger partial charge on any atom is -0.308 e. The number of anilines is 2. The van der Waals surface area contributed by atoms with Crippen LogP contribution in [0.3, 0.4) is 0 Å². The number of para-hydroxylation sites is 1. The molecule has 2 amide bonds. The third-order valence-electron chi connectivity index (χ3n) is 3.07. The third-order valence-corrected chi connectivity index (χ3v) is 3.84. The van der Waals surface area contributed by atoms with Crippen LogP contribution in [-0.4, -0.2) is 11.0 Å². The number of benzene rings is 2. The van der Waals surface area contributed by atoms with Crippen molar-refractivity contribution in [3.63, 3.8) is 0 Å². The SMILES string of the molecule is Cc1nc(-c2cccc(NC(=O)Nc3ccccc3)c2)cs1. The summed E-state index contributed by atoms with van der Waals surface area (Å²) in [4.78, 5) is 16.5. The first-order valence-corrected chi connectivity index (χ1v) is 7.74. The van der Waals surface area contributed by atoms with Gasteiger partial charge in [-0.05, 0) is 31.2 Å². The molecule has 0 spiro atoms. The molecule has 0 aliphatic rings. The molecule has 1 aromatic heterocycles. The Morgan fingerprint density at radius 3 is 2.45 bits per heavy atom. The average Bonchev–Trinajstić information content (AvgIpc) is 2.95. The molecule has 0 unspecified atom stereocenters. The van der Waals surface area contributed by atoms with Crippen LogP contribution >= 0.6 is 11.3 Å². The molecule has 0 saturated heterocycles. The second kappa shape index (κ2) is 6.41. The standard InChI is InChI=1S/C17H15N3OS/c1-12-18-16(11-22-12)13-6-5-9-15(10-13)20-17(21)19-14-7-3-2-4-8-14/h2-11H,1H3,(H2,19,20,21). The number of thiazole rings is 1. The Kier molecular flexibility index (Phi) is 4.16. The summed E-state index contributed by atoms with van der Waals surface area (Å²) in [5.74, 6) is 0. The van der Waals surface area contributed by atoms with Crippen LogP contribution in [0, 0.1) is 6.92 Å². The molecule has 4 nitrogen and oxygen atoms in total. The number of nitrogens with one attached hydrogen (secondary N) is 2. The Morgan fingerprint density at radius 1 is 1.00 bits per heavy atom. The first-order chi connectivity index (χ1) is 10.7. The fourth-order valence-electron chi connectivity index (χ4n) is 2.07. The van der Waals surface area contributed by atoms with Gasteiger partial charge in [-0.1, -0.05) is 30.3 Å². The van der Waals surface area contributed by atoms with E-state index >= 15 is 0 Å². The number of nitrogens with zero attached hydrogens (tertiary/aromatic N) is 1. The summed E-state index contributed by atoms with van der Waals surface area (Å²) in [6.07, 6.45) is 0. The maximum absolute atomic E-state index is 12.0. The topological polar surface area (TPSA) is 54.0 Å². The van der Waals surface area contributed by atoms with Gasteiger partial charge in [-0.3, -0.25) is 0 Å². The highest BCUT2D eigenvalue weighted by Crippen LogP contribution is 2.24. The third kappa shape index (κ3) is 3.51. The molecule has 110 valence electrons. The molecule has 3 aromatic rings. The number of carbonyl (C=O) groups excluding carboxylic acids is 1. The summed E-state index contributed by atoms with van der Waals surface area (Å²) in [6.45, 7) is 1.98. The lowest BCUT2D eigenvalue weighted by molar-refractivity contribution is 0.262. The molecule has 0 saturated carbocycles. The summed E-state index contributed by atoms with van der Waals surface area (Å²) in [5.41, 5.74) is 3.40. The molecule has 0 aliphatic heterocycles. The monoisotopic (exact) mass is 309 g/mol. The van der Waals surface area contributed by atoms with Gasteiger partial charge in [-0.25, -0.2) is 9.78 Å². The molecule has 0 atom stereocenters. The number of amides is 2. The van der Waals surface area contributed by atoms with Crippen LogP contribution in [0.15, 0.2) is 60.0 Å². The lowest BCUT2D eigenvalue weighted by atomic mass is 10.1. The van der Waals surface area contributed by atoms with Gasteiger partial charge >= 0.3 is 6.03 Å². The first-order valence-electron chi connectivity index (χ1n) is 6.86. The van der Waals surface area contributed by atoms with E-state index in [1.165, 1.54) is 0 Å². The van der Waals surface area contributed by atoms with Gasteiger partial charge in [0.1, 0.15) is 0 Å². The van der Waals surface area contributed by atoms with Crippen molar-refractivity contribution in [3.8, 4) is 11.3 Å². The lowest BCUT2D eigenvalue weighted by Crippen LogP contribution is -2.19. The number of aromatic nitrogens is 1. The Balaban J connectivity index is 1.71. The predicted molar refractivity (Wildman–Crippen MR) is 91.4 cm³/mol. The molecule has 0 aliphatic carbocycles. The van der Waals surface area contributed by atoms with E-state index < -0.39 is 0 Å². The van der Waals surface area contributed by atoms with Crippen LogP contribution in [0.25, 0.3) is 11.3 Å². The lowest BCUT2D eigenvalue weighted by Gasteiger charge is -2.08. The highest BCUT2D eigenvalue weighted by Gasteiger charge is 2.06. The maximum Gasteiger partial charge on any atom is 0.323 e.